The molecule has 1 saturated heterocycles. The number of fused-ring (bicyclic) bond motifs is 2. The summed E-state index contributed by atoms with van der Waals surface area (Å²) in [6.07, 6.45) is -0.488. The number of piperidine rings is 1. The third kappa shape index (κ3) is 2.49. The van der Waals surface area contributed by atoms with Gasteiger partial charge in [0, 0.05) is 18.9 Å². The minimum atomic E-state index is -1.00. The van der Waals surface area contributed by atoms with Crippen molar-refractivity contribution < 1.29 is 19.4 Å². The number of carbonyl (C=O) groups excluding carboxylic acids is 2. The standard InChI is InChI=1S/C14H24N2O4/c1-8(2)16-9-6-14(11(16)18,7-10(9)17)15-12(19)20-13(3,4)5/h8-10,17H,6-7H2,1-5H3,(H,15,19)/t9-,10-,14-/m0/s1. The fourth-order valence-corrected chi connectivity index (χ4v) is 3.20. The Morgan fingerprint density at radius 1 is 1.45 bits per heavy atom. The van der Waals surface area contributed by atoms with Crippen LogP contribution in [-0.4, -0.2) is 51.3 Å². The molecule has 2 fully saturated rings. The Labute approximate surface area is 119 Å². The molecule has 2 bridgehead atoms. The average molecular weight is 284 g/mol. The number of alkyl carbamates (subject to hydrolysis) is 1. The summed E-state index contributed by atoms with van der Waals surface area (Å²) in [5.41, 5.74) is -1.62. The van der Waals surface area contributed by atoms with Crippen molar-refractivity contribution in [3.63, 3.8) is 0 Å². The largest absolute Gasteiger partial charge is 0.444 e. The predicted molar refractivity (Wildman–Crippen MR) is 73.1 cm³/mol. The fraction of sp³-hybridized carbons (Fsp3) is 0.857. The second-order valence-corrected chi connectivity index (χ2v) is 7.06. The summed E-state index contributed by atoms with van der Waals surface area (Å²) >= 11 is 0. The van der Waals surface area contributed by atoms with Crippen LogP contribution in [0.1, 0.15) is 47.5 Å². The summed E-state index contributed by atoms with van der Waals surface area (Å²) in [5.74, 6) is -0.117. The first-order valence-corrected chi connectivity index (χ1v) is 7.08. The van der Waals surface area contributed by atoms with Gasteiger partial charge in [-0.05, 0) is 34.6 Å². The molecule has 1 aliphatic heterocycles. The minimum Gasteiger partial charge on any atom is -0.444 e. The van der Waals surface area contributed by atoms with Crippen LogP contribution in [0.25, 0.3) is 0 Å². The third-order valence-electron chi connectivity index (χ3n) is 3.86. The Bertz CT molecular complexity index is 429. The van der Waals surface area contributed by atoms with E-state index in [0.29, 0.717) is 6.42 Å². The number of ether oxygens (including phenoxy) is 1. The van der Waals surface area contributed by atoms with Gasteiger partial charge in [-0.2, -0.15) is 0 Å². The van der Waals surface area contributed by atoms with Crippen LogP contribution in [0.2, 0.25) is 0 Å². The van der Waals surface area contributed by atoms with Crippen LogP contribution in [0, 0.1) is 0 Å². The maximum absolute atomic E-state index is 12.5. The maximum atomic E-state index is 12.5. The van der Waals surface area contributed by atoms with Crippen molar-refractivity contribution in [1.29, 1.82) is 0 Å². The van der Waals surface area contributed by atoms with Gasteiger partial charge in [0.15, 0.2) is 0 Å². The van der Waals surface area contributed by atoms with Gasteiger partial charge in [-0.1, -0.05) is 0 Å². The Hall–Kier alpha value is -1.30. The zero-order valence-electron chi connectivity index (χ0n) is 12.8. The Morgan fingerprint density at radius 3 is 2.50 bits per heavy atom. The van der Waals surface area contributed by atoms with E-state index in [1.807, 2.05) is 13.8 Å². The van der Waals surface area contributed by atoms with Crippen molar-refractivity contribution in [2.75, 3.05) is 0 Å². The lowest BCUT2D eigenvalue weighted by Crippen LogP contribution is -2.59. The third-order valence-corrected chi connectivity index (χ3v) is 3.86. The Kier molecular flexibility index (Phi) is 3.48. The molecule has 0 unspecified atom stereocenters. The van der Waals surface area contributed by atoms with Gasteiger partial charge < -0.3 is 20.1 Å². The molecule has 0 aromatic carbocycles. The molecule has 0 radical (unpaired) electrons. The SMILES string of the molecule is CC(C)N1C(=O)[C@@]2(NC(=O)OC(C)(C)C)C[C@H](O)[C@@H]1C2. The number of carbonyl (C=O) groups is 2. The highest BCUT2D eigenvalue weighted by Gasteiger charge is 2.62. The molecule has 2 N–H and O–H groups in total. The molecule has 3 atom stereocenters. The topological polar surface area (TPSA) is 78.9 Å². The van der Waals surface area contributed by atoms with Gasteiger partial charge in [-0.3, -0.25) is 4.79 Å². The number of nitrogens with zero attached hydrogens (tertiary/aromatic N) is 1. The smallest absolute Gasteiger partial charge is 0.408 e. The lowest BCUT2D eigenvalue weighted by Gasteiger charge is -2.37. The number of rotatable bonds is 2. The first-order valence-electron chi connectivity index (χ1n) is 7.08. The number of hydrogen-bond donors (Lipinski definition) is 2. The Balaban J connectivity index is 2.15. The highest BCUT2D eigenvalue weighted by atomic mass is 16.6. The van der Waals surface area contributed by atoms with Crippen molar-refractivity contribution >= 4 is 12.0 Å². The molecule has 2 aliphatic rings. The molecule has 20 heavy (non-hydrogen) atoms. The quantitative estimate of drug-likeness (QED) is 0.793. The Morgan fingerprint density at radius 2 is 2.05 bits per heavy atom. The van der Waals surface area contributed by atoms with Crippen molar-refractivity contribution in [3.05, 3.63) is 0 Å². The minimum absolute atomic E-state index is 0.00441. The fourth-order valence-electron chi connectivity index (χ4n) is 3.20. The second-order valence-electron chi connectivity index (χ2n) is 7.06. The molecule has 2 amide bonds. The van der Waals surface area contributed by atoms with E-state index in [-0.39, 0.29) is 24.4 Å². The van der Waals surface area contributed by atoms with Gasteiger partial charge in [0.25, 0.3) is 0 Å². The maximum Gasteiger partial charge on any atom is 0.408 e. The molecule has 6 nitrogen and oxygen atoms in total. The van der Waals surface area contributed by atoms with Gasteiger partial charge in [0.2, 0.25) is 5.91 Å². The van der Waals surface area contributed by atoms with Gasteiger partial charge in [-0.25, -0.2) is 4.79 Å². The van der Waals surface area contributed by atoms with E-state index in [1.54, 1.807) is 25.7 Å². The summed E-state index contributed by atoms with van der Waals surface area (Å²) in [6, 6.07) is -0.206. The first kappa shape index (κ1) is 15.1. The zero-order valence-corrected chi connectivity index (χ0v) is 12.8. The van der Waals surface area contributed by atoms with E-state index in [2.05, 4.69) is 5.32 Å². The summed E-state index contributed by atoms with van der Waals surface area (Å²) in [4.78, 5) is 26.1. The van der Waals surface area contributed by atoms with Crippen LogP contribution >= 0.6 is 0 Å². The molecule has 0 aromatic heterocycles. The number of hydrogen-bond acceptors (Lipinski definition) is 4. The molecule has 0 spiro atoms. The first-order chi connectivity index (χ1) is 9.06. The normalized spacial score (nSPS) is 33.0. The number of amides is 2. The number of likely N-dealkylation sites (tertiary alicyclic amines) is 1. The highest BCUT2D eigenvalue weighted by molar-refractivity contribution is 5.94. The van der Waals surface area contributed by atoms with Crippen molar-refractivity contribution in [2.45, 2.75) is 76.8 Å². The zero-order chi connectivity index (χ0) is 15.3. The van der Waals surface area contributed by atoms with Crippen LogP contribution in [0.5, 0.6) is 0 Å². The van der Waals surface area contributed by atoms with E-state index >= 15 is 0 Å². The van der Waals surface area contributed by atoms with Crippen LogP contribution in [0.3, 0.4) is 0 Å². The number of aliphatic hydroxyl groups excluding tert-OH is 1. The molecular formula is C14H24N2O4. The van der Waals surface area contributed by atoms with Crippen LogP contribution < -0.4 is 5.32 Å². The summed E-state index contributed by atoms with van der Waals surface area (Å²) in [6.45, 7) is 9.13. The molecule has 114 valence electrons. The van der Waals surface area contributed by atoms with Gasteiger partial charge >= 0.3 is 6.09 Å². The predicted octanol–water partition coefficient (Wildman–Crippen LogP) is 1.02. The molecule has 1 aliphatic carbocycles. The van der Waals surface area contributed by atoms with Crippen molar-refractivity contribution in [1.82, 2.24) is 10.2 Å². The average Bonchev–Trinajstić information content (AvgIpc) is 2.65. The van der Waals surface area contributed by atoms with Gasteiger partial charge in [0.05, 0.1) is 12.1 Å². The van der Waals surface area contributed by atoms with Crippen LogP contribution in [0.15, 0.2) is 0 Å². The molecule has 0 aromatic rings. The van der Waals surface area contributed by atoms with E-state index < -0.39 is 23.3 Å². The molecule has 1 saturated carbocycles. The van der Waals surface area contributed by atoms with Gasteiger partial charge in [0.1, 0.15) is 11.1 Å². The van der Waals surface area contributed by atoms with E-state index in [9.17, 15) is 14.7 Å². The van der Waals surface area contributed by atoms with E-state index in [4.69, 9.17) is 4.74 Å². The second kappa shape index (κ2) is 4.62. The van der Waals surface area contributed by atoms with Crippen LogP contribution in [0.4, 0.5) is 4.79 Å². The summed E-state index contributed by atoms with van der Waals surface area (Å²) in [5, 5.41) is 12.8. The number of nitrogens with one attached hydrogen (secondary N) is 1. The lowest BCUT2D eigenvalue weighted by molar-refractivity contribution is -0.142. The van der Waals surface area contributed by atoms with Gasteiger partial charge in [-0.15, -0.1) is 0 Å². The van der Waals surface area contributed by atoms with E-state index in [1.165, 1.54) is 0 Å². The summed E-state index contributed by atoms with van der Waals surface area (Å²) in [7, 11) is 0. The molecule has 6 heteroatoms. The highest BCUT2D eigenvalue weighted by Crippen LogP contribution is 2.43. The van der Waals surface area contributed by atoms with Crippen molar-refractivity contribution in [2.24, 2.45) is 0 Å². The number of aliphatic hydroxyl groups is 1. The lowest BCUT2D eigenvalue weighted by atomic mass is 9.96. The summed E-state index contributed by atoms with van der Waals surface area (Å²) < 4.78 is 5.22. The van der Waals surface area contributed by atoms with E-state index in [0.717, 1.165) is 0 Å². The van der Waals surface area contributed by atoms with Crippen molar-refractivity contribution in [3.8, 4) is 0 Å². The molecule has 2 rings (SSSR count). The monoisotopic (exact) mass is 284 g/mol. The molecular weight excluding hydrogens is 260 g/mol. The van der Waals surface area contributed by atoms with Crippen LogP contribution in [-0.2, 0) is 9.53 Å². The molecule has 1 heterocycles.